The van der Waals surface area contributed by atoms with E-state index >= 15 is 0 Å². The summed E-state index contributed by atoms with van der Waals surface area (Å²) in [5, 5.41) is 15.1. The van der Waals surface area contributed by atoms with Crippen LogP contribution in [-0.4, -0.2) is 22.8 Å². The van der Waals surface area contributed by atoms with Gasteiger partial charge in [0.05, 0.1) is 10.7 Å². The van der Waals surface area contributed by atoms with Gasteiger partial charge in [0.15, 0.2) is 0 Å². The fraction of sp³-hybridized carbons (Fsp3) is 0. The zero-order chi connectivity index (χ0) is 23.7. The molecule has 0 saturated carbocycles. The molecule has 166 valence electrons. The summed E-state index contributed by atoms with van der Waals surface area (Å²) >= 11 is 18.3. The molecule has 0 bridgehead atoms. The van der Waals surface area contributed by atoms with Crippen molar-refractivity contribution < 1.29 is 19.5 Å². The lowest BCUT2D eigenvalue weighted by molar-refractivity contribution is -0.120. The predicted octanol–water partition coefficient (Wildman–Crippen LogP) is 5.39. The second-order valence-electron chi connectivity index (χ2n) is 6.94. The molecule has 3 N–H and O–H groups in total. The first-order valence-corrected chi connectivity index (χ1v) is 10.6. The maximum Gasteiger partial charge on any atom is 0.283 e. The Kier molecular flexibility index (Phi) is 6.29. The quantitative estimate of drug-likeness (QED) is 0.407. The van der Waals surface area contributed by atoms with E-state index in [-0.39, 0.29) is 37.8 Å². The highest BCUT2D eigenvalue weighted by Gasteiger charge is 2.40. The molecule has 1 aliphatic rings. The summed E-state index contributed by atoms with van der Waals surface area (Å²) in [7, 11) is 0. The second kappa shape index (κ2) is 9.15. The van der Waals surface area contributed by atoms with Gasteiger partial charge >= 0.3 is 0 Å². The lowest BCUT2D eigenvalue weighted by Gasteiger charge is -2.17. The highest BCUT2D eigenvalue weighted by molar-refractivity contribution is 6.54. The van der Waals surface area contributed by atoms with Crippen LogP contribution in [0.4, 0.5) is 17.1 Å². The number of rotatable bonds is 5. The Hall–Kier alpha value is -3.52. The van der Waals surface area contributed by atoms with Crippen LogP contribution in [0.15, 0.2) is 77.5 Å². The molecule has 7 nitrogen and oxygen atoms in total. The molecule has 3 amide bonds. The molecule has 0 atom stereocenters. The van der Waals surface area contributed by atoms with E-state index in [1.807, 2.05) is 0 Å². The van der Waals surface area contributed by atoms with Crippen molar-refractivity contribution in [3.63, 3.8) is 0 Å². The van der Waals surface area contributed by atoms with Gasteiger partial charge in [-0.25, -0.2) is 4.90 Å². The van der Waals surface area contributed by atoms with E-state index in [2.05, 4.69) is 10.6 Å². The number of phenols is 1. The molecule has 0 fully saturated rings. The Morgan fingerprint density at radius 2 is 1.58 bits per heavy atom. The van der Waals surface area contributed by atoms with Crippen LogP contribution < -0.4 is 15.5 Å². The third-order valence-corrected chi connectivity index (χ3v) is 5.58. The molecule has 3 aromatic rings. The van der Waals surface area contributed by atoms with E-state index in [0.717, 1.165) is 4.90 Å². The van der Waals surface area contributed by atoms with Crippen LogP contribution in [-0.2, 0) is 9.59 Å². The molecule has 0 aliphatic carbocycles. The number of phenolic OH excluding ortho intramolecular Hbond substituents is 1. The Labute approximate surface area is 203 Å². The van der Waals surface area contributed by atoms with Gasteiger partial charge in [-0.2, -0.15) is 0 Å². The van der Waals surface area contributed by atoms with E-state index in [1.54, 1.807) is 30.3 Å². The molecule has 10 heteroatoms. The van der Waals surface area contributed by atoms with Gasteiger partial charge in [-0.1, -0.05) is 46.9 Å². The first kappa shape index (κ1) is 22.7. The SMILES string of the molecule is O=C(Nc1cccc(O)c1)c1cccc(NC2=C(Cl)C(=O)N(c3cc(Cl)ccc3Cl)C2=O)c1. The topological polar surface area (TPSA) is 98.7 Å². The molecule has 0 saturated heterocycles. The number of amides is 3. The molecule has 33 heavy (non-hydrogen) atoms. The number of hydrogen-bond acceptors (Lipinski definition) is 5. The minimum Gasteiger partial charge on any atom is -0.508 e. The Morgan fingerprint density at radius 3 is 2.33 bits per heavy atom. The third-order valence-electron chi connectivity index (χ3n) is 4.67. The van der Waals surface area contributed by atoms with Crippen LogP contribution in [0, 0.1) is 0 Å². The van der Waals surface area contributed by atoms with Crippen molar-refractivity contribution in [3.05, 3.63) is 93.1 Å². The highest BCUT2D eigenvalue weighted by Crippen LogP contribution is 2.35. The third kappa shape index (κ3) is 4.66. The summed E-state index contributed by atoms with van der Waals surface area (Å²) in [6.45, 7) is 0. The van der Waals surface area contributed by atoms with E-state index in [0.29, 0.717) is 11.4 Å². The summed E-state index contributed by atoms with van der Waals surface area (Å²) < 4.78 is 0. The van der Waals surface area contributed by atoms with E-state index in [9.17, 15) is 19.5 Å². The summed E-state index contributed by atoms with van der Waals surface area (Å²) in [5.74, 6) is -1.90. The minimum atomic E-state index is -0.758. The molecule has 0 unspecified atom stereocenters. The van der Waals surface area contributed by atoms with Gasteiger partial charge in [0.25, 0.3) is 17.7 Å². The first-order chi connectivity index (χ1) is 15.7. The van der Waals surface area contributed by atoms with Crippen molar-refractivity contribution in [2.75, 3.05) is 15.5 Å². The number of carbonyl (C=O) groups excluding carboxylic acids is 3. The first-order valence-electron chi connectivity index (χ1n) is 9.45. The van der Waals surface area contributed by atoms with E-state index < -0.39 is 17.7 Å². The fourth-order valence-corrected chi connectivity index (χ4v) is 3.74. The lowest BCUT2D eigenvalue weighted by atomic mass is 10.1. The molecule has 3 aromatic carbocycles. The van der Waals surface area contributed by atoms with Gasteiger partial charge < -0.3 is 15.7 Å². The summed E-state index contributed by atoms with van der Waals surface area (Å²) in [6, 6.07) is 16.8. The zero-order valence-corrected chi connectivity index (χ0v) is 18.9. The number of carbonyl (C=O) groups is 3. The Balaban J connectivity index is 1.56. The largest absolute Gasteiger partial charge is 0.508 e. The molecule has 1 heterocycles. The van der Waals surface area contributed by atoms with Gasteiger partial charge in [0.1, 0.15) is 16.5 Å². The van der Waals surface area contributed by atoms with Crippen molar-refractivity contribution in [2.45, 2.75) is 0 Å². The number of aromatic hydroxyl groups is 1. The molecule has 1 aliphatic heterocycles. The monoisotopic (exact) mass is 501 g/mol. The number of nitrogens with one attached hydrogen (secondary N) is 2. The number of nitrogens with zero attached hydrogens (tertiary/aromatic N) is 1. The van der Waals surface area contributed by atoms with E-state index in [1.165, 1.54) is 36.4 Å². The summed E-state index contributed by atoms with van der Waals surface area (Å²) in [4.78, 5) is 39.1. The highest BCUT2D eigenvalue weighted by atomic mass is 35.5. The number of anilines is 3. The minimum absolute atomic E-state index is 0.0126. The molecular weight excluding hydrogens is 489 g/mol. The summed E-state index contributed by atoms with van der Waals surface area (Å²) in [5.41, 5.74) is 0.977. The predicted molar refractivity (Wildman–Crippen MR) is 128 cm³/mol. The van der Waals surface area contributed by atoms with Crippen molar-refractivity contribution in [2.24, 2.45) is 0 Å². The van der Waals surface area contributed by atoms with Gasteiger partial charge in [0, 0.05) is 28.0 Å². The number of halogens is 3. The van der Waals surface area contributed by atoms with E-state index in [4.69, 9.17) is 34.8 Å². The zero-order valence-electron chi connectivity index (χ0n) is 16.6. The van der Waals surface area contributed by atoms with Crippen molar-refractivity contribution in [1.82, 2.24) is 0 Å². The van der Waals surface area contributed by atoms with Gasteiger partial charge in [-0.05, 0) is 48.5 Å². The molecule has 4 rings (SSSR count). The van der Waals surface area contributed by atoms with Crippen molar-refractivity contribution in [1.29, 1.82) is 0 Å². The molecule has 0 spiro atoms. The molecular formula is C23H14Cl3N3O4. The number of benzene rings is 3. The van der Waals surface area contributed by atoms with Crippen LogP contribution in [0.2, 0.25) is 10.0 Å². The van der Waals surface area contributed by atoms with Crippen LogP contribution in [0.25, 0.3) is 0 Å². The van der Waals surface area contributed by atoms with Crippen LogP contribution in [0.3, 0.4) is 0 Å². The maximum atomic E-state index is 13.0. The fourth-order valence-electron chi connectivity index (χ4n) is 3.16. The Bertz CT molecular complexity index is 1340. The number of imide groups is 1. The number of hydrogen-bond donors (Lipinski definition) is 3. The standard InChI is InChI=1S/C23H14Cl3N3O4/c24-13-7-8-17(25)18(10-13)29-22(32)19(26)20(23(29)33)27-14-4-1-3-12(9-14)21(31)28-15-5-2-6-16(30)11-15/h1-11,27,30H,(H,28,31). The average Bonchev–Trinajstić information content (AvgIpc) is 2.99. The molecule has 0 aromatic heterocycles. The lowest BCUT2D eigenvalue weighted by Crippen LogP contribution is -2.32. The normalized spacial score (nSPS) is 13.5. The van der Waals surface area contributed by atoms with Crippen LogP contribution in [0.5, 0.6) is 5.75 Å². The van der Waals surface area contributed by atoms with Gasteiger partial charge in [-0.3, -0.25) is 14.4 Å². The smallest absolute Gasteiger partial charge is 0.283 e. The van der Waals surface area contributed by atoms with Gasteiger partial charge in [-0.15, -0.1) is 0 Å². The van der Waals surface area contributed by atoms with Crippen molar-refractivity contribution >= 4 is 69.6 Å². The van der Waals surface area contributed by atoms with Crippen LogP contribution in [0.1, 0.15) is 10.4 Å². The Morgan fingerprint density at radius 1 is 0.848 bits per heavy atom. The maximum absolute atomic E-state index is 13.0. The molecule has 0 radical (unpaired) electrons. The second-order valence-corrected chi connectivity index (χ2v) is 8.16. The average molecular weight is 503 g/mol. The van der Waals surface area contributed by atoms with Gasteiger partial charge in [0.2, 0.25) is 0 Å². The summed E-state index contributed by atoms with van der Waals surface area (Å²) in [6.07, 6.45) is 0. The van der Waals surface area contributed by atoms with Crippen molar-refractivity contribution in [3.8, 4) is 5.75 Å². The van der Waals surface area contributed by atoms with Crippen LogP contribution >= 0.6 is 34.8 Å².